The lowest BCUT2D eigenvalue weighted by molar-refractivity contribution is -0.130. The highest BCUT2D eigenvalue weighted by Gasteiger charge is 2.34. The number of carbonyl (C=O) groups is 1. The van der Waals surface area contributed by atoms with E-state index in [-0.39, 0.29) is 17.7 Å². The van der Waals surface area contributed by atoms with Gasteiger partial charge in [-0.3, -0.25) is 9.69 Å². The van der Waals surface area contributed by atoms with Crippen LogP contribution in [0.2, 0.25) is 5.02 Å². The summed E-state index contributed by atoms with van der Waals surface area (Å²) >= 11 is 7.37. The molecule has 0 radical (unpaired) electrons. The molecule has 0 N–H and O–H groups in total. The molecule has 2 saturated heterocycles. The minimum atomic E-state index is -2.85. The van der Waals surface area contributed by atoms with Crippen molar-refractivity contribution in [2.45, 2.75) is 17.4 Å². The normalized spacial score (nSPS) is 24.2. The van der Waals surface area contributed by atoms with Gasteiger partial charge in [-0.05, 0) is 30.7 Å². The SMILES string of the molecule is O=C(CSc1ccc(Cl)cc1)N1CCN(C2CCS(=O)(=O)C2)CC1. The standard InChI is InChI=1S/C16H21ClN2O3S2/c17-13-1-3-15(4-2-13)23-11-16(20)19-8-6-18(7-9-19)14-5-10-24(21,22)12-14/h1-4,14H,5-12H2. The smallest absolute Gasteiger partial charge is 0.233 e. The van der Waals surface area contributed by atoms with Crippen molar-refractivity contribution < 1.29 is 13.2 Å². The average Bonchev–Trinajstić information content (AvgIpc) is 2.94. The van der Waals surface area contributed by atoms with Gasteiger partial charge in [0.1, 0.15) is 0 Å². The predicted octanol–water partition coefficient (Wildman–Crippen LogP) is 1.76. The van der Waals surface area contributed by atoms with Gasteiger partial charge in [0.05, 0.1) is 17.3 Å². The molecule has 132 valence electrons. The molecule has 0 bridgehead atoms. The molecule has 1 aromatic rings. The van der Waals surface area contributed by atoms with Crippen LogP contribution in [-0.4, -0.2) is 73.6 Å². The number of piperazine rings is 1. The van der Waals surface area contributed by atoms with Crippen LogP contribution in [0.15, 0.2) is 29.2 Å². The van der Waals surface area contributed by atoms with E-state index < -0.39 is 9.84 Å². The van der Waals surface area contributed by atoms with Gasteiger partial charge < -0.3 is 4.90 Å². The minimum Gasteiger partial charge on any atom is -0.339 e. The number of sulfone groups is 1. The van der Waals surface area contributed by atoms with E-state index >= 15 is 0 Å². The van der Waals surface area contributed by atoms with E-state index in [0.717, 1.165) is 24.4 Å². The number of halogens is 1. The van der Waals surface area contributed by atoms with Gasteiger partial charge in [-0.25, -0.2) is 8.42 Å². The Bertz CT molecular complexity index is 686. The van der Waals surface area contributed by atoms with Crippen molar-refractivity contribution >= 4 is 39.1 Å². The fourth-order valence-corrected chi connectivity index (χ4v) is 5.86. The Morgan fingerprint density at radius 3 is 2.42 bits per heavy atom. The van der Waals surface area contributed by atoms with E-state index in [1.54, 1.807) is 0 Å². The summed E-state index contributed by atoms with van der Waals surface area (Å²) in [7, 11) is -2.85. The third kappa shape index (κ3) is 4.65. The quantitative estimate of drug-likeness (QED) is 0.736. The van der Waals surface area contributed by atoms with E-state index in [9.17, 15) is 13.2 Å². The van der Waals surface area contributed by atoms with E-state index in [2.05, 4.69) is 4.90 Å². The summed E-state index contributed by atoms with van der Waals surface area (Å²) in [5, 5.41) is 0.690. The molecule has 0 aliphatic carbocycles. The van der Waals surface area contributed by atoms with Crippen LogP contribution in [0.5, 0.6) is 0 Å². The molecule has 2 heterocycles. The molecule has 1 unspecified atom stereocenters. The maximum absolute atomic E-state index is 12.3. The van der Waals surface area contributed by atoms with Gasteiger partial charge in [-0.1, -0.05) is 11.6 Å². The second kappa shape index (κ2) is 7.64. The lowest BCUT2D eigenvalue weighted by Crippen LogP contribution is -2.52. The highest BCUT2D eigenvalue weighted by molar-refractivity contribution is 8.00. The van der Waals surface area contributed by atoms with Crippen molar-refractivity contribution in [1.29, 1.82) is 0 Å². The van der Waals surface area contributed by atoms with E-state index in [1.807, 2.05) is 29.2 Å². The van der Waals surface area contributed by atoms with Crippen LogP contribution in [0.4, 0.5) is 0 Å². The van der Waals surface area contributed by atoms with Crippen molar-refractivity contribution in [3.8, 4) is 0 Å². The van der Waals surface area contributed by atoms with Gasteiger partial charge >= 0.3 is 0 Å². The Morgan fingerprint density at radius 1 is 1.17 bits per heavy atom. The maximum Gasteiger partial charge on any atom is 0.233 e. The van der Waals surface area contributed by atoms with Crippen LogP contribution in [0.1, 0.15) is 6.42 Å². The molecule has 2 fully saturated rings. The van der Waals surface area contributed by atoms with Crippen LogP contribution in [0, 0.1) is 0 Å². The summed E-state index contributed by atoms with van der Waals surface area (Å²) in [5.41, 5.74) is 0. The van der Waals surface area contributed by atoms with Gasteiger partial charge in [0, 0.05) is 42.1 Å². The van der Waals surface area contributed by atoms with Crippen molar-refractivity contribution in [2.75, 3.05) is 43.4 Å². The van der Waals surface area contributed by atoms with Gasteiger partial charge in [-0.15, -0.1) is 11.8 Å². The number of rotatable bonds is 4. The zero-order chi connectivity index (χ0) is 17.2. The molecule has 24 heavy (non-hydrogen) atoms. The van der Waals surface area contributed by atoms with Crippen LogP contribution in [0.3, 0.4) is 0 Å². The Kier molecular flexibility index (Phi) is 5.74. The summed E-state index contributed by atoms with van der Waals surface area (Å²) in [6.45, 7) is 2.88. The molecular formula is C16H21ClN2O3S2. The summed E-state index contributed by atoms with van der Waals surface area (Å²) in [6, 6.07) is 7.61. The number of nitrogens with zero attached hydrogens (tertiary/aromatic N) is 2. The molecular weight excluding hydrogens is 368 g/mol. The number of hydrogen-bond acceptors (Lipinski definition) is 5. The van der Waals surface area contributed by atoms with Gasteiger partial charge in [0.2, 0.25) is 5.91 Å². The number of hydrogen-bond donors (Lipinski definition) is 0. The molecule has 0 aromatic heterocycles. The summed E-state index contributed by atoms with van der Waals surface area (Å²) in [5.74, 6) is 1.12. The number of amides is 1. The largest absolute Gasteiger partial charge is 0.339 e. The van der Waals surface area contributed by atoms with Crippen LogP contribution >= 0.6 is 23.4 Å². The third-order valence-corrected chi connectivity index (χ3v) is 7.57. The third-order valence-electron chi connectivity index (χ3n) is 4.57. The fraction of sp³-hybridized carbons (Fsp3) is 0.562. The van der Waals surface area contributed by atoms with Crippen molar-refractivity contribution in [3.05, 3.63) is 29.3 Å². The zero-order valence-corrected chi connectivity index (χ0v) is 15.7. The highest BCUT2D eigenvalue weighted by atomic mass is 35.5. The molecule has 1 amide bonds. The molecule has 8 heteroatoms. The number of carbonyl (C=O) groups excluding carboxylic acids is 1. The Labute approximate surface area is 152 Å². The first-order valence-corrected chi connectivity index (χ1v) is 11.2. The number of benzene rings is 1. The Balaban J connectivity index is 1.44. The molecule has 3 rings (SSSR count). The molecule has 0 spiro atoms. The summed E-state index contributed by atoms with van der Waals surface area (Å²) < 4.78 is 23.2. The van der Waals surface area contributed by atoms with Crippen LogP contribution < -0.4 is 0 Å². The number of thioether (sulfide) groups is 1. The average molecular weight is 389 g/mol. The van der Waals surface area contributed by atoms with E-state index in [0.29, 0.717) is 29.6 Å². The second-order valence-corrected chi connectivity index (χ2v) is 9.93. The lowest BCUT2D eigenvalue weighted by atomic mass is 10.2. The minimum absolute atomic E-state index is 0.133. The van der Waals surface area contributed by atoms with Crippen LogP contribution in [0.25, 0.3) is 0 Å². The fourth-order valence-electron chi connectivity index (χ4n) is 3.17. The first-order chi connectivity index (χ1) is 11.4. The highest BCUT2D eigenvalue weighted by Crippen LogP contribution is 2.22. The van der Waals surface area contributed by atoms with Gasteiger partial charge in [0.25, 0.3) is 0 Å². The second-order valence-electron chi connectivity index (χ2n) is 6.22. The predicted molar refractivity (Wildman–Crippen MR) is 97.4 cm³/mol. The molecule has 1 atom stereocenters. The van der Waals surface area contributed by atoms with Crippen molar-refractivity contribution in [2.24, 2.45) is 0 Å². The Hall–Kier alpha value is -0.760. The van der Waals surface area contributed by atoms with E-state index in [1.165, 1.54) is 11.8 Å². The van der Waals surface area contributed by atoms with Crippen molar-refractivity contribution in [3.63, 3.8) is 0 Å². The van der Waals surface area contributed by atoms with Gasteiger partial charge in [0.15, 0.2) is 9.84 Å². The molecule has 0 saturated carbocycles. The topological polar surface area (TPSA) is 57.7 Å². The lowest BCUT2D eigenvalue weighted by Gasteiger charge is -2.37. The van der Waals surface area contributed by atoms with E-state index in [4.69, 9.17) is 11.6 Å². The first-order valence-electron chi connectivity index (χ1n) is 8.03. The summed E-state index contributed by atoms with van der Waals surface area (Å²) in [4.78, 5) is 17.5. The first kappa shape index (κ1) is 18.0. The molecule has 5 nitrogen and oxygen atoms in total. The molecule has 2 aliphatic heterocycles. The monoisotopic (exact) mass is 388 g/mol. The Morgan fingerprint density at radius 2 is 1.83 bits per heavy atom. The molecule has 2 aliphatic rings. The zero-order valence-electron chi connectivity index (χ0n) is 13.4. The molecule has 1 aromatic carbocycles. The summed E-state index contributed by atoms with van der Waals surface area (Å²) in [6.07, 6.45) is 0.725. The van der Waals surface area contributed by atoms with Crippen LogP contribution in [-0.2, 0) is 14.6 Å². The van der Waals surface area contributed by atoms with Gasteiger partial charge in [-0.2, -0.15) is 0 Å². The maximum atomic E-state index is 12.3. The van der Waals surface area contributed by atoms with Crippen molar-refractivity contribution in [1.82, 2.24) is 9.80 Å².